The monoisotopic (exact) mass is 411 g/mol. The van der Waals surface area contributed by atoms with Crippen LogP contribution in [-0.4, -0.2) is 32.5 Å². The van der Waals surface area contributed by atoms with Crippen molar-refractivity contribution in [3.8, 4) is 17.1 Å². The second kappa shape index (κ2) is 7.74. The van der Waals surface area contributed by atoms with Gasteiger partial charge < -0.3 is 10.1 Å². The van der Waals surface area contributed by atoms with Gasteiger partial charge in [-0.3, -0.25) is 9.59 Å². The van der Waals surface area contributed by atoms with Crippen LogP contribution < -0.4 is 15.6 Å². The number of anilines is 1. The second-order valence-electron chi connectivity index (χ2n) is 6.35. The summed E-state index contributed by atoms with van der Waals surface area (Å²) in [6.45, 7) is -3.01. The smallest absolute Gasteiger partial charge is 0.388 e. The van der Waals surface area contributed by atoms with E-state index in [0.29, 0.717) is 22.2 Å². The van der Waals surface area contributed by atoms with Gasteiger partial charge in [0.1, 0.15) is 0 Å². The van der Waals surface area contributed by atoms with Crippen LogP contribution in [0, 0.1) is 0 Å². The van der Waals surface area contributed by atoms with Gasteiger partial charge in [-0.2, -0.15) is 19.0 Å². The zero-order valence-corrected chi connectivity index (χ0v) is 15.6. The van der Waals surface area contributed by atoms with Gasteiger partial charge in [-0.25, -0.2) is 9.78 Å². The molecule has 4 aromatic rings. The molecule has 4 rings (SSSR count). The number of halogens is 2. The molecule has 2 heterocycles. The lowest BCUT2D eigenvalue weighted by Gasteiger charge is -2.07. The minimum atomic E-state index is -3.01. The number of nitrogens with zero attached hydrogens (tertiary/aromatic N) is 3. The quantitative estimate of drug-likeness (QED) is 0.525. The molecule has 2 aromatic heterocycles. The highest BCUT2D eigenvalue weighted by Crippen LogP contribution is 2.25. The van der Waals surface area contributed by atoms with E-state index in [1.54, 1.807) is 36.4 Å². The van der Waals surface area contributed by atoms with E-state index in [4.69, 9.17) is 0 Å². The highest BCUT2D eigenvalue weighted by atomic mass is 19.3. The topological polar surface area (TPSA) is 102 Å². The Balaban J connectivity index is 1.56. The average molecular weight is 411 g/mol. The summed E-state index contributed by atoms with van der Waals surface area (Å²) in [6, 6.07) is 15.1. The van der Waals surface area contributed by atoms with Crippen LogP contribution in [0.25, 0.3) is 22.0 Å². The van der Waals surface area contributed by atoms with Gasteiger partial charge in [0.2, 0.25) is 5.88 Å². The van der Waals surface area contributed by atoms with Crippen LogP contribution in [0.2, 0.25) is 0 Å². The molecule has 152 valence electrons. The summed E-state index contributed by atoms with van der Waals surface area (Å²) >= 11 is 0. The van der Waals surface area contributed by atoms with Crippen LogP contribution >= 0.6 is 0 Å². The zero-order chi connectivity index (χ0) is 21.3. The zero-order valence-electron chi connectivity index (χ0n) is 15.6. The Labute approximate surface area is 168 Å². The van der Waals surface area contributed by atoms with Gasteiger partial charge in [-0.05, 0) is 18.2 Å². The van der Waals surface area contributed by atoms with Crippen molar-refractivity contribution in [2.75, 3.05) is 5.32 Å². The predicted octanol–water partition coefficient (Wildman–Crippen LogP) is 3.18. The number of alkyl halides is 2. The Morgan fingerprint density at radius 1 is 1.13 bits per heavy atom. The molecule has 0 saturated heterocycles. The van der Waals surface area contributed by atoms with Crippen molar-refractivity contribution < 1.29 is 18.3 Å². The minimum Gasteiger partial charge on any atom is -0.417 e. The van der Waals surface area contributed by atoms with E-state index in [2.05, 4.69) is 25.3 Å². The molecule has 1 amide bonds. The standard InChI is InChI=1S/C20H15F2N5O3/c1-27-16(30-20(21)22)10-15(26-27)19(29)23-12-8-6-11(7-9-12)17-13-4-2-3-5-14(13)18(28)25-24-17/h2-10,20H,1H3,(H,23,29)(H,25,28). The Morgan fingerprint density at radius 3 is 2.53 bits per heavy atom. The maximum absolute atomic E-state index is 12.4. The fourth-order valence-electron chi connectivity index (χ4n) is 3.00. The first-order valence-electron chi connectivity index (χ1n) is 8.80. The van der Waals surface area contributed by atoms with Gasteiger partial charge in [0.15, 0.2) is 5.69 Å². The summed E-state index contributed by atoms with van der Waals surface area (Å²) in [4.78, 5) is 24.3. The summed E-state index contributed by atoms with van der Waals surface area (Å²) < 4.78 is 30.1. The summed E-state index contributed by atoms with van der Waals surface area (Å²) in [5.41, 5.74) is 1.47. The Morgan fingerprint density at radius 2 is 1.83 bits per heavy atom. The minimum absolute atomic E-state index is 0.0643. The number of carbonyl (C=O) groups excluding carboxylic acids is 1. The van der Waals surface area contributed by atoms with E-state index >= 15 is 0 Å². The number of carbonyl (C=O) groups is 1. The highest BCUT2D eigenvalue weighted by molar-refractivity contribution is 6.03. The molecule has 0 aliphatic heterocycles. The van der Waals surface area contributed by atoms with Gasteiger partial charge in [0.05, 0.1) is 11.1 Å². The van der Waals surface area contributed by atoms with Gasteiger partial charge in [0, 0.05) is 29.8 Å². The first-order chi connectivity index (χ1) is 14.4. The molecule has 0 bridgehead atoms. The number of hydrogen-bond donors (Lipinski definition) is 2. The van der Waals surface area contributed by atoms with Crippen molar-refractivity contribution in [2.45, 2.75) is 6.61 Å². The van der Waals surface area contributed by atoms with Crippen LogP contribution in [0.4, 0.5) is 14.5 Å². The number of aromatic amines is 1. The van der Waals surface area contributed by atoms with Gasteiger partial charge in [-0.15, -0.1) is 0 Å². The maximum Gasteiger partial charge on any atom is 0.388 e. The number of aryl methyl sites for hydroxylation is 1. The number of ether oxygens (including phenoxy) is 1. The maximum atomic E-state index is 12.4. The van der Waals surface area contributed by atoms with Crippen molar-refractivity contribution in [1.29, 1.82) is 0 Å². The molecule has 2 aromatic carbocycles. The molecule has 0 fully saturated rings. The van der Waals surface area contributed by atoms with Gasteiger partial charge in [-0.1, -0.05) is 30.3 Å². The van der Waals surface area contributed by atoms with Crippen LogP contribution in [0.3, 0.4) is 0 Å². The lowest BCUT2D eigenvalue weighted by atomic mass is 10.0. The molecule has 0 aliphatic carbocycles. The number of rotatable bonds is 5. The van der Waals surface area contributed by atoms with Crippen LogP contribution in [-0.2, 0) is 7.05 Å². The third kappa shape index (κ3) is 3.75. The number of amides is 1. The van der Waals surface area contributed by atoms with E-state index in [0.717, 1.165) is 16.3 Å². The lowest BCUT2D eigenvalue weighted by Crippen LogP contribution is -2.13. The van der Waals surface area contributed by atoms with Crippen LogP contribution in [0.15, 0.2) is 59.4 Å². The van der Waals surface area contributed by atoms with E-state index in [-0.39, 0.29) is 17.1 Å². The number of nitrogens with one attached hydrogen (secondary N) is 2. The third-order valence-corrected chi connectivity index (χ3v) is 4.39. The van der Waals surface area contributed by atoms with Crippen molar-refractivity contribution in [1.82, 2.24) is 20.0 Å². The number of hydrogen-bond acceptors (Lipinski definition) is 5. The first-order valence-corrected chi connectivity index (χ1v) is 8.80. The van der Waals surface area contributed by atoms with E-state index in [9.17, 15) is 18.4 Å². The lowest BCUT2D eigenvalue weighted by molar-refractivity contribution is -0.0553. The summed E-state index contributed by atoms with van der Waals surface area (Å²) in [7, 11) is 1.39. The third-order valence-electron chi connectivity index (χ3n) is 4.39. The number of benzene rings is 2. The second-order valence-corrected chi connectivity index (χ2v) is 6.35. The van der Waals surface area contributed by atoms with Crippen molar-refractivity contribution in [2.24, 2.45) is 7.05 Å². The summed E-state index contributed by atoms with van der Waals surface area (Å²) in [5, 5.41) is 14.4. The number of H-pyrrole nitrogens is 1. The Bertz CT molecular complexity index is 1280. The number of aromatic nitrogens is 4. The van der Waals surface area contributed by atoms with Crippen molar-refractivity contribution in [3.63, 3.8) is 0 Å². The molecule has 10 heteroatoms. The number of fused-ring (bicyclic) bond motifs is 1. The van der Waals surface area contributed by atoms with Crippen molar-refractivity contribution in [3.05, 3.63) is 70.6 Å². The molecule has 0 spiro atoms. The van der Waals surface area contributed by atoms with E-state index in [1.807, 2.05) is 12.1 Å². The fourth-order valence-corrected chi connectivity index (χ4v) is 3.00. The first kappa shape index (κ1) is 19.2. The normalized spacial score (nSPS) is 11.1. The fraction of sp³-hybridized carbons (Fsp3) is 0.100. The molecule has 8 nitrogen and oxygen atoms in total. The van der Waals surface area contributed by atoms with Crippen LogP contribution in [0.1, 0.15) is 10.5 Å². The summed E-state index contributed by atoms with van der Waals surface area (Å²) in [5.74, 6) is -0.795. The summed E-state index contributed by atoms with van der Waals surface area (Å²) in [6.07, 6.45) is 0. The van der Waals surface area contributed by atoms with E-state index < -0.39 is 12.5 Å². The molecule has 2 N–H and O–H groups in total. The van der Waals surface area contributed by atoms with Gasteiger partial charge in [0.25, 0.3) is 11.5 Å². The highest BCUT2D eigenvalue weighted by Gasteiger charge is 2.16. The molecule has 0 unspecified atom stereocenters. The Hall–Kier alpha value is -4.08. The molecular weight excluding hydrogens is 396 g/mol. The molecular formula is C20H15F2N5O3. The molecule has 0 aliphatic rings. The molecule has 0 radical (unpaired) electrons. The molecule has 0 saturated carbocycles. The SMILES string of the molecule is Cn1nc(C(=O)Nc2ccc(-c3n[nH]c(=O)c4ccccc34)cc2)cc1OC(F)F. The molecule has 30 heavy (non-hydrogen) atoms. The predicted molar refractivity (Wildman–Crippen MR) is 106 cm³/mol. The van der Waals surface area contributed by atoms with Crippen LogP contribution in [0.5, 0.6) is 5.88 Å². The average Bonchev–Trinajstić information content (AvgIpc) is 3.09. The Kier molecular flexibility index (Phi) is 4.97. The van der Waals surface area contributed by atoms with Crippen molar-refractivity contribution >= 4 is 22.4 Å². The van der Waals surface area contributed by atoms with E-state index in [1.165, 1.54) is 7.05 Å². The largest absolute Gasteiger partial charge is 0.417 e. The molecule has 0 atom stereocenters. The van der Waals surface area contributed by atoms with Gasteiger partial charge >= 0.3 is 6.61 Å².